The number of ketones is 1. The number of carboxylic acids is 1. The molecular weight excluding hydrogens is 437 g/mol. The Morgan fingerprint density at radius 2 is 1.70 bits per heavy atom. The lowest BCUT2D eigenvalue weighted by molar-refractivity contribution is -0.274. The van der Waals surface area contributed by atoms with Crippen molar-refractivity contribution in [3.63, 3.8) is 0 Å². The molecule has 1 N–H and O–H groups in total. The molecule has 0 bridgehead atoms. The molecule has 3 rings (SSSR count). The molecule has 0 amide bonds. The highest BCUT2D eigenvalue weighted by Crippen LogP contribution is 2.33. The summed E-state index contributed by atoms with van der Waals surface area (Å²) >= 11 is 0. The number of Topliss-reactive ketones (excluding diaryl/α,β-unsaturated/α-hetero) is 1. The number of aliphatic carboxylic acids is 1. The van der Waals surface area contributed by atoms with E-state index in [-0.39, 0.29) is 36.5 Å². The Morgan fingerprint density at radius 1 is 0.970 bits per heavy atom. The van der Waals surface area contributed by atoms with Gasteiger partial charge in [0.25, 0.3) is 0 Å². The molecule has 0 saturated heterocycles. The SMILES string of the molecule is CC(C)(CCC(=O)c1ccc2ccccc2c1OCc1cccc(OC(F)(F)F)c1)C(=O)O. The Labute approximate surface area is 188 Å². The van der Waals surface area contributed by atoms with Crippen LogP contribution < -0.4 is 9.47 Å². The molecule has 0 spiro atoms. The maximum Gasteiger partial charge on any atom is 0.573 e. The van der Waals surface area contributed by atoms with E-state index in [2.05, 4.69) is 4.74 Å². The highest BCUT2D eigenvalue weighted by atomic mass is 19.4. The molecule has 0 saturated carbocycles. The first-order chi connectivity index (χ1) is 15.5. The number of rotatable bonds is 9. The number of carbonyl (C=O) groups is 2. The van der Waals surface area contributed by atoms with Gasteiger partial charge in [-0.25, -0.2) is 0 Å². The lowest BCUT2D eigenvalue weighted by Gasteiger charge is -2.19. The zero-order valence-electron chi connectivity index (χ0n) is 18.1. The number of carbonyl (C=O) groups excluding carboxylic acids is 1. The largest absolute Gasteiger partial charge is 0.573 e. The molecule has 0 aliphatic rings. The zero-order valence-corrected chi connectivity index (χ0v) is 18.1. The average Bonchev–Trinajstić information content (AvgIpc) is 2.74. The van der Waals surface area contributed by atoms with Crippen molar-refractivity contribution < 1.29 is 37.3 Å². The van der Waals surface area contributed by atoms with Gasteiger partial charge in [-0.3, -0.25) is 9.59 Å². The number of benzene rings is 3. The van der Waals surface area contributed by atoms with Gasteiger partial charge in [0.15, 0.2) is 5.78 Å². The van der Waals surface area contributed by atoms with Gasteiger partial charge in [-0.2, -0.15) is 0 Å². The predicted octanol–water partition coefficient (Wildman–Crippen LogP) is 6.39. The van der Waals surface area contributed by atoms with E-state index >= 15 is 0 Å². The fraction of sp³-hybridized carbons (Fsp3) is 0.280. The maximum absolute atomic E-state index is 13.0. The number of fused-ring (bicyclic) bond motifs is 1. The Hall–Kier alpha value is -3.55. The second kappa shape index (κ2) is 9.52. The highest BCUT2D eigenvalue weighted by molar-refractivity contribution is 6.05. The van der Waals surface area contributed by atoms with Crippen LogP contribution in [0, 0.1) is 5.41 Å². The molecule has 0 fully saturated rings. The lowest BCUT2D eigenvalue weighted by atomic mass is 9.86. The van der Waals surface area contributed by atoms with Crippen LogP contribution in [0.2, 0.25) is 0 Å². The van der Waals surface area contributed by atoms with Crippen LogP contribution in [0.1, 0.15) is 42.6 Å². The van der Waals surface area contributed by atoms with Crippen LogP contribution in [-0.2, 0) is 11.4 Å². The van der Waals surface area contributed by atoms with Crippen molar-refractivity contribution >= 4 is 22.5 Å². The highest BCUT2D eigenvalue weighted by Gasteiger charge is 2.31. The molecule has 174 valence electrons. The Bertz CT molecular complexity index is 1170. The van der Waals surface area contributed by atoms with Crippen molar-refractivity contribution in [3.05, 3.63) is 71.8 Å². The minimum absolute atomic E-state index is 0.00288. The smallest absolute Gasteiger partial charge is 0.487 e. The van der Waals surface area contributed by atoms with Crippen molar-refractivity contribution in [1.82, 2.24) is 0 Å². The van der Waals surface area contributed by atoms with Crippen LogP contribution in [0.25, 0.3) is 10.8 Å². The molecule has 33 heavy (non-hydrogen) atoms. The molecule has 3 aromatic carbocycles. The van der Waals surface area contributed by atoms with Gasteiger partial charge in [-0.1, -0.05) is 42.5 Å². The molecule has 3 aromatic rings. The summed E-state index contributed by atoms with van der Waals surface area (Å²) in [5.41, 5.74) is -0.348. The van der Waals surface area contributed by atoms with Crippen molar-refractivity contribution in [2.24, 2.45) is 5.41 Å². The molecule has 5 nitrogen and oxygen atoms in total. The molecular formula is C25H23F3O5. The van der Waals surface area contributed by atoms with Crippen LogP contribution >= 0.6 is 0 Å². The van der Waals surface area contributed by atoms with Crippen molar-refractivity contribution in [1.29, 1.82) is 0 Å². The summed E-state index contributed by atoms with van der Waals surface area (Å²) < 4.78 is 47.5. The topological polar surface area (TPSA) is 72.8 Å². The number of hydrogen-bond donors (Lipinski definition) is 1. The summed E-state index contributed by atoms with van der Waals surface area (Å²) in [4.78, 5) is 24.4. The van der Waals surface area contributed by atoms with Crippen molar-refractivity contribution in [2.45, 2.75) is 39.7 Å². The van der Waals surface area contributed by atoms with E-state index in [1.165, 1.54) is 18.2 Å². The van der Waals surface area contributed by atoms with Crippen LogP contribution in [0.3, 0.4) is 0 Å². The first-order valence-electron chi connectivity index (χ1n) is 10.2. The monoisotopic (exact) mass is 460 g/mol. The normalized spacial score (nSPS) is 11.9. The summed E-state index contributed by atoms with van der Waals surface area (Å²) in [7, 11) is 0. The zero-order chi connectivity index (χ0) is 24.2. The van der Waals surface area contributed by atoms with E-state index in [1.807, 2.05) is 12.1 Å². The second-order valence-electron chi connectivity index (χ2n) is 8.26. The summed E-state index contributed by atoms with van der Waals surface area (Å²) in [6, 6.07) is 16.1. The van der Waals surface area contributed by atoms with E-state index in [0.717, 1.165) is 5.39 Å². The summed E-state index contributed by atoms with van der Waals surface area (Å²) in [5, 5.41) is 10.8. The first kappa shape index (κ1) is 24.1. The van der Waals surface area contributed by atoms with Gasteiger partial charge in [0, 0.05) is 11.8 Å². The Morgan fingerprint density at radius 3 is 2.39 bits per heavy atom. The maximum atomic E-state index is 13.0. The second-order valence-corrected chi connectivity index (χ2v) is 8.26. The van der Waals surface area contributed by atoms with E-state index in [0.29, 0.717) is 16.7 Å². The number of halogens is 3. The van der Waals surface area contributed by atoms with E-state index < -0.39 is 17.7 Å². The number of carboxylic acid groups (broad SMARTS) is 1. The van der Waals surface area contributed by atoms with Crippen LogP contribution in [0.4, 0.5) is 13.2 Å². The van der Waals surface area contributed by atoms with Crippen LogP contribution in [-0.4, -0.2) is 23.2 Å². The van der Waals surface area contributed by atoms with Gasteiger partial charge in [0.1, 0.15) is 18.1 Å². The number of hydrogen-bond acceptors (Lipinski definition) is 4. The van der Waals surface area contributed by atoms with Gasteiger partial charge in [-0.15, -0.1) is 13.2 Å². The number of ether oxygens (including phenoxy) is 2. The summed E-state index contributed by atoms with van der Waals surface area (Å²) in [5.74, 6) is -1.34. The fourth-order valence-corrected chi connectivity index (χ4v) is 3.27. The minimum atomic E-state index is -4.81. The van der Waals surface area contributed by atoms with E-state index in [4.69, 9.17) is 4.74 Å². The standard InChI is InChI=1S/C25H23F3O5/c1-24(2,23(30)31)13-12-21(29)20-11-10-17-7-3-4-9-19(17)22(20)32-15-16-6-5-8-18(14-16)33-25(26,27)28/h3-11,14H,12-13,15H2,1-2H3,(H,30,31). The molecule has 0 unspecified atom stereocenters. The van der Waals surface area contributed by atoms with Gasteiger partial charge in [0.2, 0.25) is 0 Å². The lowest BCUT2D eigenvalue weighted by Crippen LogP contribution is -2.24. The van der Waals surface area contributed by atoms with Gasteiger partial charge < -0.3 is 14.6 Å². The van der Waals surface area contributed by atoms with Gasteiger partial charge >= 0.3 is 12.3 Å². The first-order valence-corrected chi connectivity index (χ1v) is 10.2. The molecule has 0 aliphatic heterocycles. The average molecular weight is 460 g/mol. The van der Waals surface area contributed by atoms with Gasteiger partial charge in [-0.05, 0) is 49.4 Å². The van der Waals surface area contributed by atoms with Crippen LogP contribution in [0.15, 0.2) is 60.7 Å². The van der Waals surface area contributed by atoms with Crippen LogP contribution in [0.5, 0.6) is 11.5 Å². The van der Waals surface area contributed by atoms with Crippen molar-refractivity contribution in [2.75, 3.05) is 0 Å². The van der Waals surface area contributed by atoms with Gasteiger partial charge in [0.05, 0.1) is 11.0 Å². The van der Waals surface area contributed by atoms with Crippen molar-refractivity contribution in [3.8, 4) is 11.5 Å². The molecule has 0 aliphatic carbocycles. The summed E-state index contributed by atoms with van der Waals surface area (Å²) in [6.07, 6.45) is -4.66. The molecule has 8 heteroatoms. The Kier molecular flexibility index (Phi) is 6.95. The molecule has 0 heterocycles. The molecule has 0 atom stereocenters. The fourth-order valence-electron chi connectivity index (χ4n) is 3.27. The quantitative estimate of drug-likeness (QED) is 0.375. The molecule has 0 radical (unpaired) electrons. The minimum Gasteiger partial charge on any atom is -0.487 e. The van der Waals surface area contributed by atoms with E-state index in [9.17, 15) is 27.9 Å². The third-order valence-electron chi connectivity index (χ3n) is 5.25. The third kappa shape index (κ3) is 6.25. The Balaban J connectivity index is 1.88. The predicted molar refractivity (Wildman–Crippen MR) is 116 cm³/mol. The molecule has 0 aromatic heterocycles. The number of alkyl halides is 3. The van der Waals surface area contributed by atoms with E-state index in [1.54, 1.807) is 44.2 Å². The third-order valence-corrected chi connectivity index (χ3v) is 5.25. The summed E-state index contributed by atoms with van der Waals surface area (Å²) in [6.45, 7) is 3.01.